The van der Waals surface area contributed by atoms with Crippen molar-refractivity contribution in [2.24, 2.45) is 0 Å². The molecule has 0 spiro atoms. The molecule has 0 heterocycles. The number of aliphatic hydroxyl groups is 1. The van der Waals surface area contributed by atoms with E-state index in [9.17, 15) is 4.79 Å². The Morgan fingerprint density at radius 1 is 1.30 bits per heavy atom. The first-order chi connectivity index (χ1) is 9.13. The Kier molecular flexibility index (Phi) is 11.1. The van der Waals surface area contributed by atoms with Gasteiger partial charge in [-0.2, -0.15) is 0 Å². The Bertz CT molecular complexity index is 257. The first-order valence-electron chi connectivity index (χ1n) is 7.29. The molecule has 0 aliphatic heterocycles. The third kappa shape index (κ3) is 8.04. The summed E-state index contributed by atoms with van der Waals surface area (Å²) in [4.78, 5) is 13.7. The average molecular weight is 309 g/mol. The quantitative estimate of drug-likeness (QED) is 0.661. The van der Waals surface area contributed by atoms with Gasteiger partial charge in [0.1, 0.15) is 0 Å². The van der Waals surface area contributed by atoms with Gasteiger partial charge in [0.05, 0.1) is 12.7 Å². The molecule has 2 N–H and O–H groups in total. The van der Waals surface area contributed by atoms with E-state index in [1.807, 2.05) is 0 Å². The second kappa shape index (κ2) is 11.3. The maximum atomic E-state index is 11.4. The normalized spacial score (nSPS) is 22.4. The molecule has 20 heavy (non-hydrogen) atoms. The molecule has 0 aromatic carbocycles. The van der Waals surface area contributed by atoms with E-state index in [1.54, 1.807) is 0 Å². The molecular formula is C14H29ClN2O3. The number of hydrogen-bond acceptors (Lipinski definition) is 4. The van der Waals surface area contributed by atoms with E-state index in [-0.39, 0.29) is 24.9 Å². The molecule has 1 aliphatic rings. The first-order valence-corrected chi connectivity index (χ1v) is 7.29. The topological polar surface area (TPSA) is 61.8 Å². The molecule has 0 atom stereocenters. The van der Waals surface area contributed by atoms with Gasteiger partial charge in [0.15, 0.2) is 0 Å². The minimum Gasteiger partial charge on any atom is -0.396 e. The number of halogens is 1. The van der Waals surface area contributed by atoms with Crippen LogP contribution in [0.15, 0.2) is 0 Å². The van der Waals surface area contributed by atoms with Crippen LogP contribution in [0.5, 0.6) is 0 Å². The Balaban J connectivity index is 0.00000361. The number of nitrogens with one attached hydrogen (secondary N) is 1. The Labute approximate surface area is 128 Å². The minimum atomic E-state index is 0. The minimum absolute atomic E-state index is 0. The van der Waals surface area contributed by atoms with Gasteiger partial charge in [-0.15, -0.1) is 12.4 Å². The predicted octanol–water partition coefficient (Wildman–Crippen LogP) is 1.19. The molecule has 5 nitrogen and oxygen atoms in total. The van der Waals surface area contributed by atoms with Crippen molar-refractivity contribution in [3.8, 4) is 0 Å². The van der Waals surface area contributed by atoms with Gasteiger partial charge in [-0.25, -0.2) is 0 Å². The number of aliphatic hydroxyl groups excluding tert-OH is 1. The molecule has 6 heteroatoms. The molecule has 1 rings (SSSR count). The van der Waals surface area contributed by atoms with Gasteiger partial charge in [-0.1, -0.05) is 0 Å². The van der Waals surface area contributed by atoms with Crippen LogP contribution in [0.4, 0.5) is 0 Å². The molecule has 120 valence electrons. The number of rotatable bonds is 8. The summed E-state index contributed by atoms with van der Waals surface area (Å²) in [5.41, 5.74) is 0. The third-order valence-corrected chi connectivity index (χ3v) is 3.71. The lowest BCUT2D eigenvalue weighted by molar-refractivity contribution is -0.122. The summed E-state index contributed by atoms with van der Waals surface area (Å²) in [5.74, 6) is 0.00966. The Morgan fingerprint density at radius 3 is 2.50 bits per heavy atom. The van der Waals surface area contributed by atoms with E-state index in [4.69, 9.17) is 9.84 Å². The summed E-state index contributed by atoms with van der Waals surface area (Å²) in [7, 11) is 4.26. The van der Waals surface area contributed by atoms with Crippen molar-refractivity contribution in [3.05, 3.63) is 0 Å². The number of carbonyl (C=O) groups is 1. The number of hydrogen-bond donors (Lipinski definition) is 2. The number of carbonyl (C=O) groups excluding carboxylic acids is 1. The second-order valence-corrected chi connectivity index (χ2v) is 5.44. The highest BCUT2D eigenvalue weighted by Gasteiger charge is 2.22. The summed E-state index contributed by atoms with van der Waals surface area (Å²) in [6, 6.07) is 0.682. The Morgan fingerprint density at radius 2 is 1.95 bits per heavy atom. The fourth-order valence-corrected chi connectivity index (χ4v) is 2.44. The van der Waals surface area contributed by atoms with Crippen LogP contribution < -0.4 is 5.32 Å². The lowest BCUT2D eigenvalue weighted by Crippen LogP contribution is -2.35. The SMILES string of the molecule is CN(C)C1CCC(OCCC(=O)NCCCO)CC1.Cl. The van der Waals surface area contributed by atoms with Crippen LogP contribution >= 0.6 is 12.4 Å². The predicted molar refractivity (Wildman–Crippen MR) is 82.3 cm³/mol. The molecule has 0 saturated heterocycles. The maximum absolute atomic E-state index is 11.4. The van der Waals surface area contributed by atoms with Crippen molar-refractivity contribution in [3.63, 3.8) is 0 Å². The third-order valence-electron chi connectivity index (χ3n) is 3.71. The van der Waals surface area contributed by atoms with Crippen LogP contribution in [-0.4, -0.2) is 61.9 Å². The molecule has 0 unspecified atom stereocenters. The fourth-order valence-electron chi connectivity index (χ4n) is 2.44. The van der Waals surface area contributed by atoms with Crippen molar-refractivity contribution in [2.45, 2.75) is 50.7 Å². The molecule has 0 radical (unpaired) electrons. The summed E-state index contributed by atoms with van der Waals surface area (Å²) in [5, 5.41) is 11.4. The zero-order valence-electron chi connectivity index (χ0n) is 12.6. The van der Waals surface area contributed by atoms with E-state index in [0.29, 0.717) is 38.1 Å². The first kappa shape index (κ1) is 19.6. The zero-order chi connectivity index (χ0) is 14.1. The lowest BCUT2D eigenvalue weighted by atomic mass is 9.92. The monoisotopic (exact) mass is 308 g/mol. The number of ether oxygens (including phenoxy) is 1. The van der Waals surface area contributed by atoms with Gasteiger partial charge in [-0.05, 0) is 46.2 Å². The maximum Gasteiger partial charge on any atom is 0.222 e. The van der Waals surface area contributed by atoms with E-state index < -0.39 is 0 Å². The van der Waals surface area contributed by atoms with Crippen LogP contribution in [0.2, 0.25) is 0 Å². The van der Waals surface area contributed by atoms with E-state index >= 15 is 0 Å². The molecule has 0 aromatic rings. The fraction of sp³-hybridized carbons (Fsp3) is 0.929. The van der Waals surface area contributed by atoms with Crippen LogP contribution in [0.3, 0.4) is 0 Å². The summed E-state index contributed by atoms with van der Waals surface area (Å²) < 4.78 is 5.76. The van der Waals surface area contributed by atoms with Gasteiger partial charge < -0.3 is 20.1 Å². The standard InChI is InChI=1S/C14H28N2O3.ClH/c1-16(2)12-4-6-13(7-5-12)19-11-8-14(18)15-9-3-10-17;/h12-13,17H,3-11H2,1-2H3,(H,15,18);1H. The largest absolute Gasteiger partial charge is 0.396 e. The zero-order valence-corrected chi connectivity index (χ0v) is 13.5. The summed E-state index contributed by atoms with van der Waals surface area (Å²) in [6.07, 6.45) is 5.90. The van der Waals surface area contributed by atoms with Crippen molar-refractivity contribution >= 4 is 18.3 Å². The molecule has 1 saturated carbocycles. The summed E-state index contributed by atoms with van der Waals surface area (Å²) >= 11 is 0. The highest BCUT2D eigenvalue weighted by atomic mass is 35.5. The molecule has 0 bridgehead atoms. The molecule has 0 aromatic heterocycles. The van der Waals surface area contributed by atoms with Crippen molar-refractivity contribution in [1.82, 2.24) is 10.2 Å². The van der Waals surface area contributed by atoms with Gasteiger partial charge in [-0.3, -0.25) is 4.79 Å². The van der Waals surface area contributed by atoms with Crippen LogP contribution in [0.25, 0.3) is 0 Å². The van der Waals surface area contributed by atoms with Crippen molar-refractivity contribution in [1.29, 1.82) is 0 Å². The highest BCUT2D eigenvalue weighted by molar-refractivity contribution is 5.85. The number of amides is 1. The van der Waals surface area contributed by atoms with Gasteiger partial charge in [0.25, 0.3) is 0 Å². The second-order valence-electron chi connectivity index (χ2n) is 5.44. The van der Waals surface area contributed by atoms with Gasteiger partial charge in [0.2, 0.25) is 5.91 Å². The van der Waals surface area contributed by atoms with Crippen LogP contribution in [0.1, 0.15) is 38.5 Å². The van der Waals surface area contributed by atoms with E-state index in [2.05, 4.69) is 24.3 Å². The summed E-state index contributed by atoms with van der Waals surface area (Å²) in [6.45, 7) is 1.16. The molecule has 1 fully saturated rings. The molecule has 1 amide bonds. The van der Waals surface area contributed by atoms with Gasteiger partial charge in [0, 0.05) is 25.6 Å². The highest BCUT2D eigenvalue weighted by Crippen LogP contribution is 2.23. The average Bonchev–Trinajstić information content (AvgIpc) is 2.39. The van der Waals surface area contributed by atoms with Crippen LogP contribution in [0, 0.1) is 0 Å². The number of nitrogens with zero attached hydrogens (tertiary/aromatic N) is 1. The smallest absolute Gasteiger partial charge is 0.222 e. The van der Waals surface area contributed by atoms with Crippen molar-refractivity contribution < 1.29 is 14.6 Å². The lowest BCUT2D eigenvalue weighted by Gasteiger charge is -2.32. The Hall–Kier alpha value is -0.360. The van der Waals surface area contributed by atoms with Crippen molar-refractivity contribution in [2.75, 3.05) is 33.9 Å². The van der Waals surface area contributed by atoms with Gasteiger partial charge >= 0.3 is 0 Å². The molecule has 1 aliphatic carbocycles. The van der Waals surface area contributed by atoms with E-state index in [0.717, 1.165) is 12.8 Å². The molecular weight excluding hydrogens is 280 g/mol. The van der Waals surface area contributed by atoms with E-state index in [1.165, 1.54) is 12.8 Å². The van der Waals surface area contributed by atoms with Crippen LogP contribution in [-0.2, 0) is 9.53 Å².